The molecule has 9 heteroatoms. The normalized spacial score (nSPS) is 20.1. The van der Waals surface area contributed by atoms with Gasteiger partial charge >= 0.3 is 0 Å². The predicted molar refractivity (Wildman–Crippen MR) is 144 cm³/mol. The molecule has 2 amide bonds. The van der Waals surface area contributed by atoms with Crippen molar-refractivity contribution in [3.63, 3.8) is 0 Å². The molecule has 2 aliphatic rings. The fraction of sp³-hybridized carbons (Fsp3) is 0.296. The second-order valence-corrected chi connectivity index (χ2v) is 10.3. The number of aromatic nitrogens is 1. The molecule has 1 saturated heterocycles. The van der Waals surface area contributed by atoms with Crippen molar-refractivity contribution in [1.29, 1.82) is 0 Å². The molecule has 0 radical (unpaired) electrons. The van der Waals surface area contributed by atoms with Crippen molar-refractivity contribution in [2.24, 2.45) is 9.98 Å². The first-order valence-corrected chi connectivity index (χ1v) is 13.2. The maximum Gasteiger partial charge on any atom is 0.291 e. The second-order valence-electron chi connectivity index (χ2n) is 8.95. The van der Waals surface area contributed by atoms with E-state index in [0.29, 0.717) is 36.8 Å². The number of amidine groups is 1. The average molecular weight is 520 g/mol. The van der Waals surface area contributed by atoms with Crippen molar-refractivity contribution in [2.75, 3.05) is 26.2 Å². The van der Waals surface area contributed by atoms with Crippen LogP contribution in [-0.4, -0.2) is 70.9 Å². The highest BCUT2D eigenvalue weighted by atomic mass is 35.5. The summed E-state index contributed by atoms with van der Waals surface area (Å²) in [5.41, 5.74) is 2.62. The summed E-state index contributed by atoms with van der Waals surface area (Å²) in [6, 6.07) is 15.1. The molecule has 1 aromatic heterocycles. The zero-order chi connectivity index (χ0) is 25.1. The van der Waals surface area contributed by atoms with Crippen LogP contribution in [-0.2, 0) is 4.79 Å². The van der Waals surface area contributed by atoms with E-state index in [4.69, 9.17) is 11.6 Å². The molecule has 0 spiro atoms. The van der Waals surface area contributed by atoms with Gasteiger partial charge in [-0.1, -0.05) is 35.9 Å². The summed E-state index contributed by atoms with van der Waals surface area (Å²) in [6.07, 6.45) is 4.32. The van der Waals surface area contributed by atoms with Crippen LogP contribution in [0.5, 0.6) is 0 Å². The molecule has 2 unspecified atom stereocenters. The number of hydrogen-bond acceptors (Lipinski definition) is 6. The molecule has 2 atom stereocenters. The van der Waals surface area contributed by atoms with Gasteiger partial charge in [-0.05, 0) is 43.2 Å². The third-order valence-electron chi connectivity index (χ3n) is 6.51. The Kier molecular flexibility index (Phi) is 7.25. The highest BCUT2D eigenvalue weighted by Crippen LogP contribution is 2.25. The van der Waals surface area contributed by atoms with Gasteiger partial charge in [0.2, 0.25) is 5.84 Å². The van der Waals surface area contributed by atoms with Crippen molar-refractivity contribution in [3.05, 3.63) is 76.3 Å². The maximum absolute atomic E-state index is 13.3. The Morgan fingerprint density at radius 3 is 2.72 bits per heavy atom. The lowest BCUT2D eigenvalue weighted by molar-refractivity contribution is -0.126. The van der Waals surface area contributed by atoms with Crippen LogP contribution in [0.1, 0.15) is 35.2 Å². The molecular weight excluding hydrogens is 494 g/mol. The number of rotatable bonds is 4. The van der Waals surface area contributed by atoms with E-state index >= 15 is 0 Å². The third-order valence-corrected chi connectivity index (χ3v) is 7.57. The molecule has 3 aromatic rings. The quantitative estimate of drug-likeness (QED) is 0.497. The summed E-state index contributed by atoms with van der Waals surface area (Å²) >= 11 is 7.68. The van der Waals surface area contributed by atoms with Gasteiger partial charge in [0.05, 0.1) is 0 Å². The van der Waals surface area contributed by atoms with E-state index in [1.54, 1.807) is 28.6 Å². The van der Waals surface area contributed by atoms with Crippen molar-refractivity contribution >= 4 is 46.8 Å². The van der Waals surface area contributed by atoms with E-state index in [1.165, 1.54) is 0 Å². The largest absolute Gasteiger partial charge is 0.332 e. The van der Waals surface area contributed by atoms with Crippen LogP contribution in [0.4, 0.5) is 0 Å². The van der Waals surface area contributed by atoms with Gasteiger partial charge in [0.25, 0.3) is 11.8 Å². The average Bonchev–Trinajstić information content (AvgIpc) is 3.33. The Morgan fingerprint density at radius 2 is 1.94 bits per heavy atom. The van der Waals surface area contributed by atoms with Crippen LogP contribution in [0.3, 0.4) is 0 Å². The third kappa shape index (κ3) is 5.24. The molecule has 1 fully saturated rings. The van der Waals surface area contributed by atoms with E-state index < -0.39 is 0 Å². The standard InChI is InChI=1S/C27H26ClN5O2S/c1-18-17-32(27(35)24-29-9-8-22(16-31-24)19-4-3-7-23(28)15-19)11-12-33(18)26(34)21-6-2-5-20(14-21)25-30-10-13-36-25/h2-7,10,13-16,18,22H,8-9,11-12,17H2,1H3. The first-order valence-electron chi connectivity index (χ1n) is 11.9. The summed E-state index contributed by atoms with van der Waals surface area (Å²) in [6.45, 7) is 3.81. The second kappa shape index (κ2) is 10.7. The molecule has 0 N–H and O–H groups in total. The summed E-state index contributed by atoms with van der Waals surface area (Å²) in [4.78, 5) is 43.4. The molecular formula is C27H26ClN5O2S. The first kappa shape index (κ1) is 24.3. The monoisotopic (exact) mass is 519 g/mol. The number of nitrogens with zero attached hydrogens (tertiary/aromatic N) is 5. The summed E-state index contributed by atoms with van der Waals surface area (Å²) in [5, 5.41) is 3.48. The van der Waals surface area contributed by atoms with Crippen LogP contribution in [0.15, 0.2) is 70.1 Å². The summed E-state index contributed by atoms with van der Waals surface area (Å²) in [7, 11) is 0. The number of carbonyl (C=O) groups excluding carboxylic acids is 2. The molecule has 0 saturated carbocycles. The molecule has 2 aliphatic heterocycles. The molecule has 0 bridgehead atoms. The fourth-order valence-corrected chi connectivity index (χ4v) is 5.43. The van der Waals surface area contributed by atoms with Crippen LogP contribution < -0.4 is 0 Å². The minimum Gasteiger partial charge on any atom is -0.332 e. The topological polar surface area (TPSA) is 78.2 Å². The Hall–Kier alpha value is -3.36. The van der Waals surface area contributed by atoms with Gasteiger partial charge in [0, 0.05) is 72.1 Å². The molecule has 0 aliphatic carbocycles. The number of amides is 2. The van der Waals surface area contributed by atoms with Gasteiger partial charge in [-0.3, -0.25) is 14.6 Å². The van der Waals surface area contributed by atoms with Crippen molar-refractivity contribution in [1.82, 2.24) is 14.8 Å². The van der Waals surface area contributed by atoms with Gasteiger partial charge in [0.15, 0.2) is 0 Å². The number of thiazole rings is 1. The highest BCUT2D eigenvalue weighted by molar-refractivity contribution is 7.13. The van der Waals surface area contributed by atoms with Crippen molar-refractivity contribution in [2.45, 2.75) is 25.3 Å². The number of piperazine rings is 1. The van der Waals surface area contributed by atoms with E-state index in [1.807, 2.05) is 65.7 Å². The van der Waals surface area contributed by atoms with Gasteiger partial charge in [0.1, 0.15) is 5.01 Å². The van der Waals surface area contributed by atoms with E-state index in [9.17, 15) is 9.59 Å². The lowest BCUT2D eigenvalue weighted by Crippen LogP contribution is -2.56. The molecule has 2 aromatic carbocycles. The number of aliphatic imine (C=N–C) groups is 2. The Balaban J connectivity index is 1.23. The highest BCUT2D eigenvalue weighted by Gasteiger charge is 2.32. The predicted octanol–water partition coefficient (Wildman–Crippen LogP) is 4.79. The first-order chi connectivity index (χ1) is 17.5. The van der Waals surface area contributed by atoms with E-state index in [0.717, 1.165) is 22.6 Å². The molecule has 184 valence electrons. The SMILES string of the molecule is CC1CN(C(=O)C2=NCCC(c3cccc(Cl)c3)C=N2)CCN1C(=O)c1cccc(-c2nccs2)c1. The van der Waals surface area contributed by atoms with Gasteiger partial charge < -0.3 is 9.80 Å². The minimum absolute atomic E-state index is 0.0396. The van der Waals surface area contributed by atoms with Crippen LogP contribution >= 0.6 is 22.9 Å². The molecule has 3 heterocycles. The lowest BCUT2D eigenvalue weighted by atomic mass is 9.97. The smallest absolute Gasteiger partial charge is 0.291 e. The van der Waals surface area contributed by atoms with Gasteiger partial charge in [-0.15, -0.1) is 11.3 Å². The van der Waals surface area contributed by atoms with Crippen LogP contribution in [0.25, 0.3) is 10.6 Å². The van der Waals surface area contributed by atoms with E-state index in [2.05, 4.69) is 15.0 Å². The zero-order valence-electron chi connectivity index (χ0n) is 19.9. The Morgan fingerprint density at radius 1 is 1.08 bits per heavy atom. The lowest BCUT2D eigenvalue weighted by Gasteiger charge is -2.39. The summed E-state index contributed by atoms with van der Waals surface area (Å²) in [5.74, 6) is 0.0545. The maximum atomic E-state index is 13.3. The minimum atomic E-state index is -0.192. The molecule has 36 heavy (non-hydrogen) atoms. The molecule has 7 nitrogen and oxygen atoms in total. The van der Waals surface area contributed by atoms with Crippen molar-refractivity contribution < 1.29 is 9.59 Å². The number of halogens is 1. The number of benzene rings is 2. The van der Waals surface area contributed by atoms with Gasteiger partial charge in [-0.25, -0.2) is 9.98 Å². The van der Waals surface area contributed by atoms with Crippen molar-refractivity contribution in [3.8, 4) is 10.6 Å². The zero-order valence-corrected chi connectivity index (χ0v) is 21.5. The number of hydrogen-bond donors (Lipinski definition) is 0. The Labute approximate surface area is 219 Å². The summed E-state index contributed by atoms with van der Waals surface area (Å²) < 4.78 is 0. The number of carbonyl (C=O) groups is 2. The fourth-order valence-electron chi connectivity index (χ4n) is 4.60. The Bertz CT molecular complexity index is 1320. The van der Waals surface area contributed by atoms with Gasteiger partial charge in [-0.2, -0.15) is 0 Å². The van der Waals surface area contributed by atoms with Crippen LogP contribution in [0.2, 0.25) is 5.02 Å². The van der Waals surface area contributed by atoms with E-state index in [-0.39, 0.29) is 29.6 Å². The molecule has 5 rings (SSSR count). The van der Waals surface area contributed by atoms with Crippen LogP contribution in [0, 0.1) is 0 Å².